The van der Waals surface area contributed by atoms with E-state index in [4.69, 9.17) is 0 Å². The van der Waals surface area contributed by atoms with Gasteiger partial charge in [0.05, 0.1) is 0 Å². The minimum absolute atomic E-state index is 0.192. The summed E-state index contributed by atoms with van der Waals surface area (Å²) >= 11 is 0. The number of hydrogen-bond acceptors (Lipinski definition) is 0. The Balaban J connectivity index is 2.11. The average Bonchev–Trinajstić information content (AvgIpc) is 2.83. The largest absolute Gasteiger partial charge is 0.0870 e. The molecule has 0 fully saturated rings. The van der Waals surface area contributed by atoms with Crippen LogP contribution in [-0.2, 0) is 5.41 Å². The van der Waals surface area contributed by atoms with Crippen LogP contribution in [0.5, 0.6) is 0 Å². The standard InChI is InChI=1S/C23H25/c1-6-8-20-16(2)15-18-9-7-10-21(22(18)20)17-11-13-19(14-12-17)23(3,4)5/h6-15H,1-5H3. The van der Waals surface area contributed by atoms with Gasteiger partial charge in [0.25, 0.3) is 0 Å². The van der Waals surface area contributed by atoms with Crippen LogP contribution in [0.1, 0.15) is 51.3 Å². The Morgan fingerprint density at radius 3 is 2.22 bits per heavy atom. The van der Waals surface area contributed by atoms with Crippen LogP contribution in [0.15, 0.2) is 60.2 Å². The third-order valence-corrected chi connectivity index (χ3v) is 4.56. The van der Waals surface area contributed by atoms with Crippen molar-refractivity contribution in [2.75, 3.05) is 0 Å². The molecule has 0 aromatic heterocycles. The molecule has 23 heavy (non-hydrogen) atoms. The lowest BCUT2D eigenvalue weighted by Crippen LogP contribution is -2.10. The maximum Gasteiger partial charge on any atom is 0.0168 e. The highest BCUT2D eigenvalue weighted by molar-refractivity contribution is 5.93. The van der Waals surface area contributed by atoms with E-state index in [2.05, 4.69) is 95.7 Å². The van der Waals surface area contributed by atoms with Crippen LogP contribution < -0.4 is 0 Å². The molecular formula is C23H25. The first-order valence-electron chi connectivity index (χ1n) is 8.34. The van der Waals surface area contributed by atoms with Gasteiger partial charge in [0.15, 0.2) is 0 Å². The number of fused-ring (bicyclic) bond motifs is 1. The predicted molar refractivity (Wildman–Crippen MR) is 101 cm³/mol. The van der Waals surface area contributed by atoms with Crippen LogP contribution in [0.3, 0.4) is 0 Å². The highest BCUT2D eigenvalue weighted by Crippen LogP contribution is 2.41. The fraction of sp³-hybridized carbons (Fsp3) is 0.261. The molecule has 1 radical (unpaired) electrons. The molecule has 0 spiro atoms. The monoisotopic (exact) mass is 301 g/mol. The second kappa shape index (κ2) is 5.85. The van der Waals surface area contributed by atoms with Crippen molar-refractivity contribution in [1.29, 1.82) is 0 Å². The molecule has 0 atom stereocenters. The normalized spacial score (nSPS) is 14.7. The Hall–Kier alpha value is -2.08. The molecule has 2 aromatic rings. The molecule has 0 aliphatic heterocycles. The van der Waals surface area contributed by atoms with Gasteiger partial charge in [0.1, 0.15) is 0 Å². The maximum atomic E-state index is 2.29. The summed E-state index contributed by atoms with van der Waals surface area (Å²) in [6.07, 6.45) is 6.64. The van der Waals surface area contributed by atoms with Gasteiger partial charge < -0.3 is 0 Å². The van der Waals surface area contributed by atoms with Gasteiger partial charge in [-0.15, -0.1) is 0 Å². The Morgan fingerprint density at radius 1 is 0.913 bits per heavy atom. The highest BCUT2D eigenvalue weighted by atomic mass is 14.2. The molecule has 0 N–H and O–H groups in total. The van der Waals surface area contributed by atoms with Crippen LogP contribution in [0.25, 0.3) is 16.7 Å². The lowest BCUT2D eigenvalue weighted by molar-refractivity contribution is 0.590. The highest BCUT2D eigenvalue weighted by Gasteiger charge is 2.21. The fourth-order valence-electron chi connectivity index (χ4n) is 3.27. The van der Waals surface area contributed by atoms with Crippen molar-refractivity contribution in [1.82, 2.24) is 0 Å². The van der Waals surface area contributed by atoms with Gasteiger partial charge in [-0.2, -0.15) is 0 Å². The van der Waals surface area contributed by atoms with E-state index in [9.17, 15) is 0 Å². The van der Waals surface area contributed by atoms with E-state index in [0.29, 0.717) is 0 Å². The first-order chi connectivity index (χ1) is 10.9. The zero-order valence-electron chi connectivity index (χ0n) is 14.8. The molecule has 0 bridgehead atoms. The number of benzene rings is 2. The molecular weight excluding hydrogens is 276 g/mol. The molecule has 1 aliphatic carbocycles. The first-order valence-corrected chi connectivity index (χ1v) is 8.34. The van der Waals surface area contributed by atoms with Gasteiger partial charge in [-0.1, -0.05) is 81.0 Å². The number of allylic oxidation sites excluding steroid dienone is 4. The van der Waals surface area contributed by atoms with E-state index in [0.717, 1.165) is 0 Å². The van der Waals surface area contributed by atoms with Gasteiger partial charge in [-0.05, 0) is 52.7 Å². The van der Waals surface area contributed by atoms with Crippen LogP contribution >= 0.6 is 0 Å². The van der Waals surface area contributed by atoms with Gasteiger partial charge in [-0.3, -0.25) is 0 Å². The molecule has 0 nitrogen and oxygen atoms in total. The van der Waals surface area contributed by atoms with E-state index in [1.54, 1.807) is 0 Å². The summed E-state index contributed by atoms with van der Waals surface area (Å²) in [6, 6.07) is 15.7. The first kappa shape index (κ1) is 15.8. The smallest absolute Gasteiger partial charge is 0.0168 e. The van der Waals surface area contributed by atoms with Crippen molar-refractivity contribution in [3.8, 4) is 11.1 Å². The summed E-state index contributed by atoms with van der Waals surface area (Å²) in [5.41, 5.74) is 9.57. The summed E-state index contributed by atoms with van der Waals surface area (Å²) in [6.45, 7) is 11.1. The topological polar surface area (TPSA) is 0 Å². The van der Waals surface area contributed by atoms with Gasteiger partial charge in [-0.25, -0.2) is 0 Å². The molecule has 0 amide bonds. The third-order valence-electron chi connectivity index (χ3n) is 4.56. The summed E-state index contributed by atoms with van der Waals surface area (Å²) in [5.74, 6) is 0. The SMILES string of the molecule is CC=CC1=C(C)[CH]c2cccc(-c3ccc(C(C)(C)C)cc3)c21. The van der Waals surface area contributed by atoms with Crippen molar-refractivity contribution in [3.05, 3.63) is 83.3 Å². The minimum Gasteiger partial charge on any atom is -0.0870 e. The van der Waals surface area contributed by atoms with Crippen LogP contribution in [0, 0.1) is 6.42 Å². The van der Waals surface area contributed by atoms with Gasteiger partial charge >= 0.3 is 0 Å². The molecule has 1 aliphatic rings. The quantitative estimate of drug-likeness (QED) is 0.588. The maximum absolute atomic E-state index is 2.29. The summed E-state index contributed by atoms with van der Waals surface area (Å²) in [7, 11) is 0. The van der Waals surface area contributed by atoms with Gasteiger partial charge in [0, 0.05) is 6.42 Å². The molecule has 0 heteroatoms. The predicted octanol–water partition coefficient (Wildman–Crippen LogP) is 6.57. The van der Waals surface area contributed by atoms with E-state index < -0.39 is 0 Å². The zero-order chi connectivity index (χ0) is 16.6. The summed E-state index contributed by atoms with van der Waals surface area (Å²) in [5, 5.41) is 0. The lowest BCUT2D eigenvalue weighted by atomic mass is 9.85. The molecule has 0 saturated carbocycles. The molecule has 0 saturated heterocycles. The molecule has 3 rings (SSSR count). The van der Waals surface area contributed by atoms with Gasteiger partial charge in [0.2, 0.25) is 0 Å². The van der Waals surface area contributed by atoms with Crippen LogP contribution in [0.2, 0.25) is 0 Å². The molecule has 0 heterocycles. The van der Waals surface area contributed by atoms with Crippen molar-refractivity contribution in [2.24, 2.45) is 0 Å². The van der Waals surface area contributed by atoms with Crippen molar-refractivity contribution >= 4 is 5.57 Å². The molecule has 0 unspecified atom stereocenters. The molecule has 117 valence electrons. The second-order valence-electron chi connectivity index (χ2n) is 7.34. The van der Waals surface area contributed by atoms with Crippen molar-refractivity contribution in [3.63, 3.8) is 0 Å². The molecule has 2 aromatic carbocycles. The van der Waals surface area contributed by atoms with Crippen molar-refractivity contribution < 1.29 is 0 Å². The van der Waals surface area contributed by atoms with Crippen molar-refractivity contribution in [2.45, 2.75) is 40.0 Å². The van der Waals surface area contributed by atoms with E-state index in [-0.39, 0.29) is 5.41 Å². The number of rotatable bonds is 2. The van der Waals surface area contributed by atoms with Crippen LogP contribution in [0.4, 0.5) is 0 Å². The fourth-order valence-corrected chi connectivity index (χ4v) is 3.27. The zero-order valence-corrected chi connectivity index (χ0v) is 14.8. The van der Waals surface area contributed by atoms with E-state index >= 15 is 0 Å². The van der Waals surface area contributed by atoms with E-state index in [1.807, 2.05) is 0 Å². The Kier molecular flexibility index (Phi) is 4.02. The third kappa shape index (κ3) is 2.91. The Bertz CT molecular complexity index is 778. The van der Waals surface area contributed by atoms with Crippen LogP contribution in [-0.4, -0.2) is 0 Å². The minimum atomic E-state index is 0.192. The Labute approximate surface area is 140 Å². The van der Waals surface area contributed by atoms with E-state index in [1.165, 1.54) is 39.0 Å². The average molecular weight is 301 g/mol. The lowest BCUT2D eigenvalue weighted by Gasteiger charge is -2.19. The summed E-state index contributed by atoms with van der Waals surface area (Å²) < 4.78 is 0. The number of hydrogen-bond donors (Lipinski definition) is 0. The Morgan fingerprint density at radius 2 is 1.61 bits per heavy atom. The summed E-state index contributed by atoms with van der Waals surface area (Å²) in [4.78, 5) is 0. The second-order valence-corrected chi connectivity index (χ2v) is 7.34.